The minimum absolute atomic E-state index is 0.0584. The molecule has 0 saturated carbocycles. The molecule has 3 heteroatoms. The van der Waals surface area contributed by atoms with Crippen molar-refractivity contribution in [3.05, 3.63) is 11.9 Å². The van der Waals surface area contributed by atoms with Gasteiger partial charge in [-0.1, -0.05) is 0 Å². The molecule has 0 aromatic carbocycles. The second-order valence-electron chi connectivity index (χ2n) is 2.39. The van der Waals surface area contributed by atoms with Gasteiger partial charge in [0.1, 0.15) is 5.83 Å². The average molecular weight is 145 g/mol. The van der Waals surface area contributed by atoms with Crippen LogP contribution in [0.4, 0.5) is 4.39 Å². The third-order valence-corrected chi connectivity index (χ3v) is 0.761. The van der Waals surface area contributed by atoms with Crippen LogP contribution in [0.3, 0.4) is 0 Å². The van der Waals surface area contributed by atoms with E-state index in [0.717, 1.165) is 6.08 Å². The molecular weight excluding hydrogens is 133 g/mol. The number of hydrogen-bond acceptors (Lipinski definition) is 1. The van der Waals surface area contributed by atoms with Crippen LogP contribution in [0.2, 0.25) is 0 Å². The Morgan fingerprint density at radius 2 is 2.10 bits per heavy atom. The molecular formula is C7H12FNO. The van der Waals surface area contributed by atoms with E-state index >= 15 is 0 Å². The first-order chi connectivity index (χ1) is 4.52. The Morgan fingerprint density at radius 3 is 2.40 bits per heavy atom. The minimum atomic E-state index is -0.474. The standard InChI is InChI=1S/C7H12FNO/c1-5(2)9-7(10)4-6(3)8/h4-5H,1-3H3,(H,9,10). The Kier molecular flexibility index (Phi) is 3.69. The van der Waals surface area contributed by atoms with Gasteiger partial charge < -0.3 is 5.32 Å². The molecule has 0 bridgehead atoms. The van der Waals surface area contributed by atoms with Crippen LogP contribution in [0.1, 0.15) is 20.8 Å². The predicted octanol–water partition coefficient (Wildman–Crippen LogP) is 1.38. The fourth-order valence-corrected chi connectivity index (χ4v) is 0.507. The van der Waals surface area contributed by atoms with E-state index in [1.807, 2.05) is 13.8 Å². The monoisotopic (exact) mass is 145 g/mol. The van der Waals surface area contributed by atoms with Crippen molar-refractivity contribution in [3.63, 3.8) is 0 Å². The van der Waals surface area contributed by atoms with Gasteiger partial charge in [0.05, 0.1) is 0 Å². The summed E-state index contributed by atoms with van der Waals surface area (Å²) in [7, 11) is 0. The molecule has 58 valence electrons. The number of allylic oxidation sites excluding steroid dienone is 1. The van der Waals surface area contributed by atoms with Crippen molar-refractivity contribution < 1.29 is 9.18 Å². The van der Waals surface area contributed by atoms with Crippen LogP contribution in [0.15, 0.2) is 11.9 Å². The number of carbonyl (C=O) groups is 1. The summed E-state index contributed by atoms with van der Waals surface area (Å²) in [4.78, 5) is 10.6. The number of rotatable bonds is 2. The van der Waals surface area contributed by atoms with Crippen LogP contribution in [-0.4, -0.2) is 11.9 Å². The lowest BCUT2D eigenvalue weighted by Gasteiger charge is -2.03. The van der Waals surface area contributed by atoms with Gasteiger partial charge in [0.25, 0.3) is 0 Å². The normalized spacial score (nSPS) is 11.9. The Hall–Kier alpha value is -0.860. The average Bonchev–Trinajstić information content (AvgIpc) is 1.58. The zero-order chi connectivity index (χ0) is 8.15. The van der Waals surface area contributed by atoms with Gasteiger partial charge in [0, 0.05) is 12.1 Å². The Balaban J connectivity index is 3.76. The first-order valence-electron chi connectivity index (χ1n) is 3.16. The lowest BCUT2D eigenvalue weighted by Crippen LogP contribution is -2.28. The van der Waals surface area contributed by atoms with Crippen molar-refractivity contribution >= 4 is 5.91 Å². The molecule has 10 heavy (non-hydrogen) atoms. The highest BCUT2D eigenvalue weighted by molar-refractivity contribution is 5.87. The van der Waals surface area contributed by atoms with Crippen LogP contribution < -0.4 is 5.32 Å². The van der Waals surface area contributed by atoms with E-state index in [9.17, 15) is 9.18 Å². The van der Waals surface area contributed by atoms with Gasteiger partial charge in [-0.15, -0.1) is 0 Å². The topological polar surface area (TPSA) is 29.1 Å². The number of nitrogens with one attached hydrogen (secondary N) is 1. The van der Waals surface area contributed by atoms with Gasteiger partial charge in [-0.2, -0.15) is 0 Å². The van der Waals surface area contributed by atoms with Gasteiger partial charge >= 0.3 is 0 Å². The molecule has 0 rings (SSSR count). The molecule has 0 atom stereocenters. The second kappa shape index (κ2) is 4.04. The summed E-state index contributed by atoms with van der Waals surface area (Å²) in [6.45, 7) is 4.87. The van der Waals surface area contributed by atoms with E-state index in [0.29, 0.717) is 0 Å². The zero-order valence-electron chi connectivity index (χ0n) is 6.44. The van der Waals surface area contributed by atoms with E-state index < -0.39 is 5.83 Å². The van der Waals surface area contributed by atoms with Crippen LogP contribution in [0, 0.1) is 0 Å². The number of carbonyl (C=O) groups excluding carboxylic acids is 1. The fourth-order valence-electron chi connectivity index (χ4n) is 0.507. The highest BCUT2D eigenvalue weighted by Crippen LogP contribution is 1.91. The lowest BCUT2D eigenvalue weighted by molar-refractivity contribution is -0.117. The Labute approximate surface area is 60.1 Å². The van der Waals surface area contributed by atoms with E-state index in [1.54, 1.807) is 0 Å². The third-order valence-electron chi connectivity index (χ3n) is 0.761. The summed E-state index contributed by atoms with van der Waals surface area (Å²) in [6.07, 6.45) is 0.931. The summed E-state index contributed by atoms with van der Waals surface area (Å²) in [5, 5.41) is 2.52. The van der Waals surface area contributed by atoms with Crippen LogP contribution in [0.25, 0.3) is 0 Å². The molecule has 0 saturated heterocycles. The summed E-state index contributed by atoms with van der Waals surface area (Å²) in [5.74, 6) is -0.854. The SMILES string of the molecule is CC(F)=CC(=O)NC(C)C. The largest absolute Gasteiger partial charge is 0.350 e. The fraction of sp³-hybridized carbons (Fsp3) is 0.571. The van der Waals surface area contributed by atoms with Crippen molar-refractivity contribution in [1.29, 1.82) is 0 Å². The summed E-state index contributed by atoms with van der Waals surface area (Å²) >= 11 is 0. The highest BCUT2D eigenvalue weighted by atomic mass is 19.1. The maximum atomic E-state index is 12.0. The van der Waals surface area contributed by atoms with E-state index in [4.69, 9.17) is 0 Å². The predicted molar refractivity (Wildman–Crippen MR) is 38.1 cm³/mol. The van der Waals surface area contributed by atoms with Crippen LogP contribution in [0.5, 0.6) is 0 Å². The van der Waals surface area contributed by atoms with Gasteiger partial charge in [0.15, 0.2) is 0 Å². The number of hydrogen-bond donors (Lipinski definition) is 1. The lowest BCUT2D eigenvalue weighted by atomic mass is 10.4. The Morgan fingerprint density at radius 1 is 1.60 bits per heavy atom. The molecule has 0 unspecified atom stereocenters. The molecule has 0 fully saturated rings. The van der Waals surface area contributed by atoms with Crippen molar-refractivity contribution in [3.8, 4) is 0 Å². The molecule has 0 aromatic heterocycles. The van der Waals surface area contributed by atoms with E-state index in [2.05, 4.69) is 5.32 Å². The Bertz CT molecular complexity index is 148. The maximum Gasteiger partial charge on any atom is 0.246 e. The highest BCUT2D eigenvalue weighted by Gasteiger charge is 1.98. The molecule has 1 amide bonds. The zero-order valence-corrected chi connectivity index (χ0v) is 6.44. The molecule has 0 aliphatic rings. The first-order valence-corrected chi connectivity index (χ1v) is 3.16. The molecule has 0 aliphatic carbocycles. The number of halogens is 1. The molecule has 2 nitrogen and oxygen atoms in total. The summed E-state index contributed by atoms with van der Waals surface area (Å²) in [6, 6.07) is 0.0584. The smallest absolute Gasteiger partial charge is 0.246 e. The van der Waals surface area contributed by atoms with Gasteiger partial charge in [-0.05, 0) is 20.8 Å². The van der Waals surface area contributed by atoms with Crippen molar-refractivity contribution in [2.45, 2.75) is 26.8 Å². The number of amides is 1. The van der Waals surface area contributed by atoms with E-state index in [1.165, 1.54) is 6.92 Å². The first kappa shape index (κ1) is 9.14. The molecule has 0 spiro atoms. The molecule has 0 heterocycles. The molecule has 0 aromatic rings. The van der Waals surface area contributed by atoms with Gasteiger partial charge in [-0.25, -0.2) is 4.39 Å². The maximum absolute atomic E-state index is 12.0. The van der Waals surface area contributed by atoms with Crippen LogP contribution >= 0.6 is 0 Å². The van der Waals surface area contributed by atoms with Crippen molar-refractivity contribution in [2.24, 2.45) is 0 Å². The summed E-state index contributed by atoms with van der Waals surface area (Å²) < 4.78 is 12.0. The summed E-state index contributed by atoms with van der Waals surface area (Å²) in [5.41, 5.74) is 0. The van der Waals surface area contributed by atoms with Crippen molar-refractivity contribution in [2.75, 3.05) is 0 Å². The second-order valence-corrected chi connectivity index (χ2v) is 2.39. The molecule has 0 radical (unpaired) electrons. The molecule has 0 aliphatic heterocycles. The van der Waals surface area contributed by atoms with Crippen molar-refractivity contribution in [1.82, 2.24) is 5.32 Å². The molecule has 1 N–H and O–H groups in total. The van der Waals surface area contributed by atoms with Crippen LogP contribution in [-0.2, 0) is 4.79 Å². The van der Waals surface area contributed by atoms with Gasteiger partial charge in [0.2, 0.25) is 5.91 Å². The van der Waals surface area contributed by atoms with E-state index in [-0.39, 0.29) is 11.9 Å². The minimum Gasteiger partial charge on any atom is -0.350 e. The third kappa shape index (κ3) is 5.28. The van der Waals surface area contributed by atoms with Gasteiger partial charge in [-0.3, -0.25) is 4.79 Å². The quantitative estimate of drug-likeness (QED) is 0.584.